The summed E-state index contributed by atoms with van der Waals surface area (Å²) in [5, 5.41) is 14.6. The van der Waals surface area contributed by atoms with Gasteiger partial charge in [0.05, 0.1) is 5.69 Å². The molecule has 0 fully saturated rings. The van der Waals surface area contributed by atoms with E-state index >= 15 is 0 Å². The van der Waals surface area contributed by atoms with Crippen LogP contribution in [0.15, 0.2) is 30.3 Å². The number of hydrogen-bond acceptors (Lipinski definition) is 2. The molecule has 0 saturated heterocycles. The Morgan fingerprint density at radius 3 is 2.31 bits per heavy atom. The van der Waals surface area contributed by atoms with Crippen molar-refractivity contribution in [1.82, 2.24) is 9.78 Å². The third-order valence-corrected chi connectivity index (χ3v) is 2.95. The van der Waals surface area contributed by atoms with Crippen molar-refractivity contribution in [2.75, 3.05) is 0 Å². The number of aliphatic hydroxyl groups is 1. The van der Waals surface area contributed by atoms with Gasteiger partial charge in [-0.3, -0.25) is 4.68 Å². The first-order valence-corrected chi connectivity index (χ1v) is 5.34. The predicted octanol–water partition coefficient (Wildman–Crippen LogP) is 2.12. The molecule has 3 heteroatoms. The van der Waals surface area contributed by atoms with Crippen LogP contribution in [0.4, 0.5) is 0 Å². The molecule has 2 rings (SSSR count). The summed E-state index contributed by atoms with van der Waals surface area (Å²) in [6, 6.07) is 9.66. The second-order valence-electron chi connectivity index (χ2n) is 4.02. The van der Waals surface area contributed by atoms with Crippen molar-refractivity contribution in [2.45, 2.75) is 20.0 Å². The smallest absolute Gasteiger partial charge is 0.108 e. The summed E-state index contributed by atoms with van der Waals surface area (Å²) in [6.45, 7) is 3.90. The van der Waals surface area contributed by atoms with E-state index in [0.717, 1.165) is 22.5 Å². The minimum Gasteiger partial charge on any atom is -0.384 e. The lowest BCUT2D eigenvalue weighted by molar-refractivity contribution is 0.218. The average molecular weight is 216 g/mol. The zero-order valence-electron chi connectivity index (χ0n) is 9.81. The predicted molar refractivity (Wildman–Crippen MR) is 63.2 cm³/mol. The van der Waals surface area contributed by atoms with E-state index in [1.54, 1.807) is 4.68 Å². The van der Waals surface area contributed by atoms with Crippen molar-refractivity contribution in [3.63, 3.8) is 0 Å². The van der Waals surface area contributed by atoms with Gasteiger partial charge in [-0.2, -0.15) is 5.10 Å². The first-order valence-electron chi connectivity index (χ1n) is 5.34. The van der Waals surface area contributed by atoms with Crippen molar-refractivity contribution in [1.29, 1.82) is 0 Å². The van der Waals surface area contributed by atoms with E-state index in [1.807, 2.05) is 51.2 Å². The topological polar surface area (TPSA) is 38.0 Å². The minimum atomic E-state index is -0.588. The molecule has 3 nitrogen and oxygen atoms in total. The Bertz CT molecular complexity index is 488. The third-order valence-electron chi connectivity index (χ3n) is 2.95. The summed E-state index contributed by atoms with van der Waals surface area (Å²) >= 11 is 0. The van der Waals surface area contributed by atoms with E-state index in [9.17, 15) is 5.11 Å². The van der Waals surface area contributed by atoms with Gasteiger partial charge >= 0.3 is 0 Å². The van der Waals surface area contributed by atoms with Crippen LogP contribution >= 0.6 is 0 Å². The van der Waals surface area contributed by atoms with Gasteiger partial charge in [0.25, 0.3) is 0 Å². The number of benzene rings is 1. The van der Waals surface area contributed by atoms with Crippen LogP contribution in [0.3, 0.4) is 0 Å². The molecule has 1 heterocycles. The summed E-state index contributed by atoms with van der Waals surface area (Å²) in [7, 11) is 1.89. The van der Waals surface area contributed by atoms with Crippen LogP contribution in [0, 0.1) is 13.8 Å². The summed E-state index contributed by atoms with van der Waals surface area (Å²) in [5.74, 6) is 0. The molecule has 0 aliphatic carbocycles. The first kappa shape index (κ1) is 10.9. The zero-order chi connectivity index (χ0) is 11.7. The van der Waals surface area contributed by atoms with E-state index in [4.69, 9.17) is 0 Å². The maximum atomic E-state index is 10.3. The van der Waals surface area contributed by atoms with E-state index in [-0.39, 0.29) is 0 Å². The Morgan fingerprint density at radius 1 is 1.19 bits per heavy atom. The fourth-order valence-electron chi connectivity index (χ4n) is 1.99. The molecule has 1 aromatic heterocycles. The highest BCUT2D eigenvalue weighted by Crippen LogP contribution is 2.26. The lowest BCUT2D eigenvalue weighted by Gasteiger charge is -2.11. The second kappa shape index (κ2) is 4.10. The third kappa shape index (κ3) is 1.74. The number of aliphatic hydroxyl groups excluding tert-OH is 1. The molecule has 1 unspecified atom stereocenters. The molecule has 0 amide bonds. The Labute approximate surface area is 95.3 Å². The van der Waals surface area contributed by atoms with Crippen molar-refractivity contribution in [3.8, 4) is 0 Å². The molecule has 0 radical (unpaired) electrons. The highest BCUT2D eigenvalue weighted by molar-refractivity contribution is 5.35. The van der Waals surface area contributed by atoms with Gasteiger partial charge in [0.2, 0.25) is 0 Å². The maximum Gasteiger partial charge on any atom is 0.108 e. The molecule has 0 aliphatic rings. The highest BCUT2D eigenvalue weighted by atomic mass is 16.3. The van der Waals surface area contributed by atoms with E-state index in [2.05, 4.69) is 5.10 Å². The first-order chi connectivity index (χ1) is 7.61. The average Bonchev–Trinajstić information content (AvgIpc) is 2.54. The fourth-order valence-corrected chi connectivity index (χ4v) is 1.99. The van der Waals surface area contributed by atoms with Gasteiger partial charge in [-0.05, 0) is 19.4 Å². The van der Waals surface area contributed by atoms with Crippen LogP contribution in [0.5, 0.6) is 0 Å². The lowest BCUT2D eigenvalue weighted by atomic mass is 10.0. The molecule has 0 spiro atoms. The number of aryl methyl sites for hydroxylation is 2. The highest BCUT2D eigenvalue weighted by Gasteiger charge is 2.18. The Hall–Kier alpha value is -1.61. The molecule has 0 bridgehead atoms. The van der Waals surface area contributed by atoms with E-state index in [0.29, 0.717) is 0 Å². The number of hydrogen-bond donors (Lipinski definition) is 1. The fraction of sp³-hybridized carbons (Fsp3) is 0.308. The lowest BCUT2D eigenvalue weighted by Crippen LogP contribution is -2.02. The van der Waals surface area contributed by atoms with Crippen LogP contribution in [0.1, 0.15) is 28.6 Å². The molecule has 0 saturated carbocycles. The number of nitrogens with zero attached hydrogens (tertiary/aromatic N) is 2. The van der Waals surface area contributed by atoms with E-state index in [1.165, 1.54) is 0 Å². The zero-order valence-corrected chi connectivity index (χ0v) is 9.81. The molecule has 16 heavy (non-hydrogen) atoms. The van der Waals surface area contributed by atoms with Crippen molar-refractivity contribution < 1.29 is 5.11 Å². The van der Waals surface area contributed by atoms with Crippen molar-refractivity contribution in [2.24, 2.45) is 7.05 Å². The van der Waals surface area contributed by atoms with E-state index < -0.39 is 6.10 Å². The molecule has 0 aliphatic heterocycles. The Balaban J connectivity index is 2.45. The number of aromatic nitrogens is 2. The van der Waals surface area contributed by atoms with Crippen LogP contribution in [-0.4, -0.2) is 14.9 Å². The molecule has 1 atom stereocenters. The van der Waals surface area contributed by atoms with Crippen LogP contribution in [0.25, 0.3) is 0 Å². The molecular weight excluding hydrogens is 200 g/mol. The van der Waals surface area contributed by atoms with Gasteiger partial charge in [0.15, 0.2) is 0 Å². The standard InChI is InChI=1S/C13H16N2O/c1-9-12(10(2)15(3)14-9)13(16)11-7-5-4-6-8-11/h4-8,13,16H,1-3H3. The van der Waals surface area contributed by atoms with Gasteiger partial charge in [-0.15, -0.1) is 0 Å². The number of rotatable bonds is 2. The summed E-state index contributed by atoms with van der Waals surface area (Å²) in [6.07, 6.45) is -0.588. The van der Waals surface area contributed by atoms with Gasteiger partial charge < -0.3 is 5.11 Å². The minimum absolute atomic E-state index is 0.588. The molecule has 2 aromatic rings. The van der Waals surface area contributed by atoms with Crippen LogP contribution < -0.4 is 0 Å². The largest absolute Gasteiger partial charge is 0.384 e. The molecule has 1 N–H and O–H groups in total. The van der Waals surface area contributed by atoms with Crippen molar-refractivity contribution in [3.05, 3.63) is 52.8 Å². The van der Waals surface area contributed by atoms with Gasteiger partial charge in [0.1, 0.15) is 6.10 Å². The van der Waals surface area contributed by atoms with Crippen molar-refractivity contribution >= 4 is 0 Å². The summed E-state index contributed by atoms with van der Waals surface area (Å²) in [4.78, 5) is 0. The van der Waals surface area contributed by atoms with Crippen LogP contribution in [-0.2, 0) is 7.05 Å². The molecule has 1 aromatic carbocycles. The normalized spacial score (nSPS) is 12.8. The summed E-state index contributed by atoms with van der Waals surface area (Å²) < 4.78 is 1.80. The Morgan fingerprint density at radius 2 is 1.81 bits per heavy atom. The maximum absolute atomic E-state index is 10.3. The second-order valence-corrected chi connectivity index (χ2v) is 4.02. The van der Waals surface area contributed by atoms with Gasteiger partial charge in [-0.25, -0.2) is 0 Å². The SMILES string of the molecule is Cc1nn(C)c(C)c1C(O)c1ccccc1. The van der Waals surface area contributed by atoms with Crippen LogP contribution in [0.2, 0.25) is 0 Å². The monoisotopic (exact) mass is 216 g/mol. The van der Waals surface area contributed by atoms with Gasteiger partial charge in [0, 0.05) is 18.3 Å². The Kier molecular flexibility index (Phi) is 2.79. The molecular formula is C13H16N2O. The molecule has 84 valence electrons. The summed E-state index contributed by atoms with van der Waals surface area (Å²) in [5.41, 5.74) is 3.71. The quantitative estimate of drug-likeness (QED) is 0.835. The van der Waals surface area contributed by atoms with Gasteiger partial charge in [-0.1, -0.05) is 30.3 Å².